The van der Waals surface area contributed by atoms with E-state index in [0.717, 1.165) is 37.7 Å². The lowest BCUT2D eigenvalue weighted by molar-refractivity contribution is 0.436. The Morgan fingerprint density at radius 3 is 2.59 bits per heavy atom. The molecule has 0 amide bonds. The number of hydrogen-bond acceptors (Lipinski definition) is 6. The van der Waals surface area contributed by atoms with Gasteiger partial charge < -0.3 is 4.90 Å². The molecular formula is C14H18N4O2S2. The van der Waals surface area contributed by atoms with Crippen molar-refractivity contribution < 1.29 is 8.42 Å². The number of nitrogens with one attached hydrogen (secondary N) is 1. The molecule has 0 unspecified atom stereocenters. The maximum Gasteiger partial charge on any atom is 0.272 e. The molecule has 1 aliphatic heterocycles. The second-order valence-corrected chi connectivity index (χ2v) is 8.34. The second kappa shape index (κ2) is 6.21. The first-order chi connectivity index (χ1) is 10.5. The lowest BCUT2D eigenvalue weighted by atomic mass is 9.99. The van der Waals surface area contributed by atoms with Crippen molar-refractivity contribution in [2.24, 2.45) is 5.92 Å². The van der Waals surface area contributed by atoms with Crippen molar-refractivity contribution >= 4 is 33.0 Å². The summed E-state index contributed by atoms with van der Waals surface area (Å²) in [4.78, 5) is 2.19. The Balaban J connectivity index is 1.70. The van der Waals surface area contributed by atoms with E-state index in [1.54, 1.807) is 23.6 Å². The van der Waals surface area contributed by atoms with Crippen LogP contribution in [0.4, 0.5) is 11.6 Å². The first-order valence-electron chi connectivity index (χ1n) is 7.19. The van der Waals surface area contributed by atoms with Crippen LogP contribution < -0.4 is 9.62 Å². The van der Waals surface area contributed by atoms with Crippen LogP contribution in [0.25, 0.3) is 0 Å². The van der Waals surface area contributed by atoms with Gasteiger partial charge in [-0.25, -0.2) is 8.42 Å². The van der Waals surface area contributed by atoms with Gasteiger partial charge in [0.2, 0.25) is 0 Å². The Morgan fingerprint density at radius 1 is 1.23 bits per heavy atom. The van der Waals surface area contributed by atoms with Crippen molar-refractivity contribution in [1.29, 1.82) is 0 Å². The number of nitrogens with zero attached hydrogens (tertiary/aromatic N) is 3. The molecule has 0 bridgehead atoms. The summed E-state index contributed by atoms with van der Waals surface area (Å²) in [6.45, 7) is 4.19. The molecule has 0 atom stereocenters. The van der Waals surface area contributed by atoms with Crippen molar-refractivity contribution in [1.82, 2.24) is 10.2 Å². The zero-order valence-corrected chi connectivity index (χ0v) is 13.9. The number of aromatic nitrogens is 2. The molecule has 0 spiro atoms. The molecule has 8 heteroatoms. The molecular weight excluding hydrogens is 320 g/mol. The van der Waals surface area contributed by atoms with Crippen LogP contribution >= 0.6 is 11.3 Å². The monoisotopic (exact) mass is 338 g/mol. The third kappa shape index (κ3) is 3.38. The van der Waals surface area contributed by atoms with E-state index in [0.29, 0.717) is 0 Å². The molecule has 0 radical (unpaired) electrons. The van der Waals surface area contributed by atoms with E-state index >= 15 is 0 Å². The number of hydrogen-bond donors (Lipinski definition) is 1. The van der Waals surface area contributed by atoms with Crippen LogP contribution in [0.1, 0.15) is 19.8 Å². The van der Waals surface area contributed by atoms with Crippen LogP contribution in [-0.4, -0.2) is 31.7 Å². The van der Waals surface area contributed by atoms with Crippen molar-refractivity contribution in [3.8, 4) is 0 Å². The zero-order chi connectivity index (χ0) is 15.6. The topological polar surface area (TPSA) is 75.2 Å². The molecule has 0 aliphatic carbocycles. The van der Waals surface area contributed by atoms with Gasteiger partial charge in [0.25, 0.3) is 10.0 Å². The zero-order valence-electron chi connectivity index (χ0n) is 12.3. The predicted octanol–water partition coefficient (Wildman–Crippen LogP) is 2.58. The Bertz CT molecular complexity index is 706. The molecule has 3 rings (SSSR count). The van der Waals surface area contributed by atoms with Crippen molar-refractivity contribution in [3.05, 3.63) is 29.6 Å². The Labute approximate surface area is 134 Å². The number of piperidine rings is 1. The van der Waals surface area contributed by atoms with E-state index in [9.17, 15) is 8.42 Å². The molecule has 118 valence electrons. The summed E-state index contributed by atoms with van der Waals surface area (Å²) in [7, 11) is -3.56. The number of sulfonamides is 1. The maximum atomic E-state index is 12.1. The fourth-order valence-electron chi connectivity index (χ4n) is 2.39. The van der Waals surface area contributed by atoms with Crippen LogP contribution in [0.15, 0.2) is 33.9 Å². The van der Waals surface area contributed by atoms with Crippen LogP contribution in [-0.2, 0) is 10.0 Å². The highest BCUT2D eigenvalue weighted by Gasteiger charge is 2.19. The summed E-state index contributed by atoms with van der Waals surface area (Å²) in [5.74, 6) is 1.79. The van der Waals surface area contributed by atoms with Gasteiger partial charge in [-0.2, -0.15) is 0 Å². The molecule has 1 saturated heterocycles. The van der Waals surface area contributed by atoms with Gasteiger partial charge in [0.05, 0.1) is 0 Å². The summed E-state index contributed by atoms with van der Waals surface area (Å²) in [6, 6.07) is 6.73. The minimum atomic E-state index is -3.56. The van der Waals surface area contributed by atoms with Gasteiger partial charge in [0.1, 0.15) is 4.21 Å². The Kier molecular flexibility index (Phi) is 4.30. The van der Waals surface area contributed by atoms with Crippen LogP contribution in [0.2, 0.25) is 0 Å². The van der Waals surface area contributed by atoms with E-state index in [2.05, 4.69) is 26.7 Å². The van der Waals surface area contributed by atoms with Crippen molar-refractivity contribution in [3.63, 3.8) is 0 Å². The number of rotatable bonds is 4. The Morgan fingerprint density at radius 2 is 2.00 bits per heavy atom. The van der Waals surface area contributed by atoms with Crippen LogP contribution in [0.5, 0.6) is 0 Å². The molecule has 0 saturated carbocycles. The molecule has 2 aromatic heterocycles. The molecule has 1 N–H and O–H groups in total. The van der Waals surface area contributed by atoms with Crippen LogP contribution in [0.3, 0.4) is 0 Å². The lowest BCUT2D eigenvalue weighted by Gasteiger charge is -2.30. The van der Waals surface area contributed by atoms with Gasteiger partial charge >= 0.3 is 0 Å². The van der Waals surface area contributed by atoms with E-state index < -0.39 is 10.0 Å². The average molecular weight is 338 g/mol. The summed E-state index contributed by atoms with van der Waals surface area (Å²) >= 11 is 1.17. The molecule has 22 heavy (non-hydrogen) atoms. The summed E-state index contributed by atoms with van der Waals surface area (Å²) in [5.41, 5.74) is 0. The maximum absolute atomic E-state index is 12.1. The van der Waals surface area contributed by atoms with E-state index in [1.807, 2.05) is 6.07 Å². The molecule has 1 fully saturated rings. The van der Waals surface area contributed by atoms with Gasteiger partial charge in [-0.1, -0.05) is 13.0 Å². The van der Waals surface area contributed by atoms with E-state index in [1.165, 1.54) is 11.3 Å². The minimum Gasteiger partial charge on any atom is -0.355 e. The SMILES string of the molecule is CC1CCN(c2ccc(NS(=O)(=O)c3cccs3)nn2)CC1. The lowest BCUT2D eigenvalue weighted by Crippen LogP contribution is -2.33. The fraction of sp³-hybridized carbons (Fsp3) is 0.429. The first kappa shape index (κ1) is 15.2. The minimum absolute atomic E-state index is 0.238. The first-order valence-corrected chi connectivity index (χ1v) is 9.56. The highest BCUT2D eigenvalue weighted by Crippen LogP contribution is 2.22. The van der Waals surface area contributed by atoms with Gasteiger partial charge in [-0.15, -0.1) is 21.5 Å². The molecule has 3 heterocycles. The van der Waals surface area contributed by atoms with Crippen LogP contribution in [0, 0.1) is 5.92 Å². The van der Waals surface area contributed by atoms with Crippen molar-refractivity contribution in [2.45, 2.75) is 24.0 Å². The summed E-state index contributed by atoms with van der Waals surface area (Å²) in [5, 5.41) is 9.86. The molecule has 0 aromatic carbocycles. The quantitative estimate of drug-likeness (QED) is 0.927. The molecule has 1 aliphatic rings. The average Bonchev–Trinajstić information content (AvgIpc) is 3.04. The predicted molar refractivity (Wildman–Crippen MR) is 87.8 cm³/mol. The van der Waals surface area contributed by atoms with Crippen molar-refractivity contribution in [2.75, 3.05) is 22.7 Å². The van der Waals surface area contributed by atoms with Gasteiger partial charge in [-0.3, -0.25) is 4.72 Å². The normalized spacial score (nSPS) is 16.7. The molecule has 2 aromatic rings. The largest absolute Gasteiger partial charge is 0.355 e. The third-order valence-electron chi connectivity index (χ3n) is 3.76. The third-order valence-corrected chi connectivity index (χ3v) is 6.51. The highest BCUT2D eigenvalue weighted by molar-refractivity contribution is 7.94. The van der Waals surface area contributed by atoms with E-state index in [4.69, 9.17) is 0 Å². The fourth-order valence-corrected chi connectivity index (χ4v) is 4.38. The standard InChI is InChI=1S/C14H18N4O2S2/c1-11-6-8-18(9-7-11)13-5-4-12(15-16-13)17-22(19,20)14-3-2-10-21-14/h2-5,10-11H,6-9H2,1H3,(H,15,17). The van der Waals surface area contributed by atoms with E-state index in [-0.39, 0.29) is 10.0 Å². The van der Waals surface area contributed by atoms with Gasteiger partial charge in [0.15, 0.2) is 11.6 Å². The Hall–Kier alpha value is -1.67. The second-order valence-electron chi connectivity index (χ2n) is 5.48. The number of anilines is 2. The number of thiophene rings is 1. The molecule has 6 nitrogen and oxygen atoms in total. The summed E-state index contributed by atoms with van der Waals surface area (Å²) in [6.07, 6.45) is 2.29. The van der Waals surface area contributed by atoms with Gasteiger partial charge in [-0.05, 0) is 42.3 Å². The highest BCUT2D eigenvalue weighted by atomic mass is 32.2. The smallest absolute Gasteiger partial charge is 0.272 e. The summed E-state index contributed by atoms with van der Waals surface area (Å²) < 4.78 is 26.9. The van der Waals surface area contributed by atoms with Gasteiger partial charge in [0, 0.05) is 13.1 Å².